The molecule has 0 N–H and O–H groups in total. The van der Waals surface area contributed by atoms with Crippen molar-refractivity contribution in [3.63, 3.8) is 0 Å². The van der Waals surface area contributed by atoms with Gasteiger partial charge >= 0.3 is 35.5 Å². The molecule has 0 heterocycles. The molecule has 0 saturated heterocycles. The van der Waals surface area contributed by atoms with Crippen LogP contribution in [0.4, 0.5) is 0 Å². The zero-order chi connectivity index (χ0) is 9.84. The topological polar surface area (TPSA) is 35.5 Å². The number of rotatable bonds is 2. The van der Waals surface area contributed by atoms with E-state index < -0.39 is 5.97 Å². The van der Waals surface area contributed by atoms with E-state index in [0.29, 0.717) is 5.02 Å². The van der Waals surface area contributed by atoms with Crippen LogP contribution in [0.1, 0.15) is 6.92 Å². The summed E-state index contributed by atoms with van der Waals surface area (Å²) in [6, 6.07) is 4.57. The summed E-state index contributed by atoms with van der Waals surface area (Å²) >= 11 is 11.3. The van der Waals surface area contributed by atoms with Crippen LogP contribution in [0.15, 0.2) is 18.2 Å². The van der Waals surface area contributed by atoms with Crippen LogP contribution < -0.4 is 4.89 Å². The number of halogens is 2. The molecule has 0 aliphatic rings. The van der Waals surface area contributed by atoms with Crippen LogP contribution in [0, 0.1) is 0 Å². The van der Waals surface area contributed by atoms with Crippen LogP contribution >= 0.6 is 23.2 Å². The van der Waals surface area contributed by atoms with E-state index in [4.69, 9.17) is 23.2 Å². The van der Waals surface area contributed by atoms with E-state index in [-0.39, 0.29) is 40.3 Å². The summed E-state index contributed by atoms with van der Waals surface area (Å²) in [6.45, 7) is 1.23. The van der Waals surface area contributed by atoms with Gasteiger partial charge in [-0.25, -0.2) is 4.79 Å². The second-order valence-electron chi connectivity index (χ2n) is 2.23. The van der Waals surface area contributed by atoms with Crippen molar-refractivity contribution in [2.24, 2.45) is 0 Å². The maximum atomic E-state index is 10.4. The van der Waals surface area contributed by atoms with Crippen LogP contribution in [-0.4, -0.2) is 35.5 Å². The zero-order valence-corrected chi connectivity index (χ0v) is 8.22. The maximum absolute atomic E-state index is 10.4. The predicted molar refractivity (Wildman–Crippen MR) is 56.0 cm³/mol. The van der Waals surface area contributed by atoms with Crippen molar-refractivity contribution in [2.75, 3.05) is 0 Å². The molecule has 0 spiro atoms. The van der Waals surface area contributed by atoms with Gasteiger partial charge in [-0.05, 0) is 18.2 Å². The Morgan fingerprint density at radius 2 is 2.00 bits per heavy atom. The molecule has 0 saturated carbocycles. The predicted octanol–water partition coefficient (Wildman–Crippen LogP) is 2.20. The Morgan fingerprint density at radius 3 is 2.50 bits per heavy atom. The van der Waals surface area contributed by atoms with Gasteiger partial charge in [0.05, 0.1) is 5.02 Å². The van der Waals surface area contributed by atoms with E-state index in [1.807, 2.05) is 0 Å². The first-order valence-corrected chi connectivity index (χ1v) is 4.15. The van der Waals surface area contributed by atoms with Crippen molar-refractivity contribution in [3.05, 3.63) is 28.2 Å². The normalized spacial score (nSPS) is 8.79. The molecule has 1 aromatic carbocycles. The number of carbonyl (C=O) groups excluding carboxylic acids is 1. The third kappa shape index (κ3) is 4.53. The van der Waals surface area contributed by atoms with E-state index in [0.717, 1.165) is 0 Å². The molecule has 0 bridgehead atoms. The summed E-state index contributed by atoms with van der Waals surface area (Å²) in [7, 11) is 0. The van der Waals surface area contributed by atoms with Crippen LogP contribution in [0.2, 0.25) is 10.0 Å². The quantitative estimate of drug-likeness (QED) is 0.455. The molecule has 1 aromatic rings. The van der Waals surface area contributed by atoms with Gasteiger partial charge in [0.25, 0.3) is 0 Å². The Morgan fingerprint density at radius 1 is 1.36 bits per heavy atom. The molecule has 3 nitrogen and oxygen atoms in total. The molecule has 0 fully saturated rings. The Balaban J connectivity index is 0.00000169. The van der Waals surface area contributed by atoms with Gasteiger partial charge in [0.2, 0.25) is 0 Å². The van der Waals surface area contributed by atoms with Gasteiger partial charge in [-0.15, -0.1) is 0 Å². The van der Waals surface area contributed by atoms with Crippen molar-refractivity contribution < 1.29 is 14.6 Å². The molecule has 0 aromatic heterocycles. The fourth-order valence-electron chi connectivity index (χ4n) is 0.646. The first-order valence-electron chi connectivity index (χ1n) is 3.40. The molecule has 0 aliphatic heterocycles. The van der Waals surface area contributed by atoms with Gasteiger partial charge in [-0.3, -0.25) is 9.78 Å². The van der Waals surface area contributed by atoms with E-state index in [1.54, 1.807) is 6.07 Å². The summed E-state index contributed by atoms with van der Waals surface area (Å²) in [4.78, 5) is 19.3. The minimum atomic E-state index is -0.550. The molecular weight excluding hydrogens is 238 g/mol. The molecule has 1 rings (SSSR count). The number of hydrogen-bond donors (Lipinski definition) is 0. The summed E-state index contributed by atoms with van der Waals surface area (Å²) in [5.41, 5.74) is 0. The molecule has 14 heavy (non-hydrogen) atoms. The summed E-state index contributed by atoms with van der Waals surface area (Å²) in [5, 5.41) is 0.772. The van der Waals surface area contributed by atoms with E-state index in [9.17, 15) is 4.79 Å². The monoisotopic (exact) mass is 244 g/mol. The third-order valence-corrected chi connectivity index (χ3v) is 1.67. The van der Waals surface area contributed by atoms with Gasteiger partial charge in [0.1, 0.15) is 0 Å². The van der Waals surface area contributed by atoms with Crippen LogP contribution in [0.5, 0.6) is 5.75 Å². The van der Waals surface area contributed by atoms with E-state index in [1.165, 1.54) is 19.1 Å². The molecular formula is C8H7Cl2NaO3. The first-order chi connectivity index (χ1) is 6.09. The zero-order valence-electron chi connectivity index (χ0n) is 6.71. The van der Waals surface area contributed by atoms with Crippen molar-refractivity contribution in [1.82, 2.24) is 0 Å². The number of hydrogen-bond acceptors (Lipinski definition) is 3. The Bertz CT molecular complexity index is 330. The second-order valence-corrected chi connectivity index (χ2v) is 3.08. The average molecular weight is 245 g/mol. The van der Waals surface area contributed by atoms with Crippen LogP contribution in [0.25, 0.3) is 0 Å². The van der Waals surface area contributed by atoms with Gasteiger partial charge in [-0.2, -0.15) is 0 Å². The van der Waals surface area contributed by atoms with Crippen molar-refractivity contribution >= 4 is 58.7 Å². The van der Waals surface area contributed by atoms with Gasteiger partial charge in [-0.1, -0.05) is 23.2 Å². The molecule has 0 atom stereocenters. The Hall–Kier alpha value is 0.0700. The SMILES string of the molecule is CC(=O)OOc1ccc(Cl)cc1Cl.[NaH]. The van der Waals surface area contributed by atoms with Gasteiger partial charge in [0.15, 0.2) is 5.75 Å². The van der Waals surface area contributed by atoms with Crippen molar-refractivity contribution in [2.45, 2.75) is 6.92 Å². The molecule has 72 valence electrons. The summed E-state index contributed by atoms with van der Waals surface area (Å²) in [5.74, 6) is -0.299. The molecule has 0 radical (unpaired) electrons. The summed E-state index contributed by atoms with van der Waals surface area (Å²) in [6.07, 6.45) is 0. The van der Waals surface area contributed by atoms with Crippen LogP contribution in [0.3, 0.4) is 0 Å². The van der Waals surface area contributed by atoms with Crippen molar-refractivity contribution in [3.8, 4) is 5.75 Å². The standard InChI is InChI=1S/C8H6Cl2O3.Na.H/c1-5(11)12-13-8-3-2-6(9)4-7(8)10;;/h2-4H,1H3;;. The summed E-state index contributed by atoms with van der Waals surface area (Å²) < 4.78 is 0. The van der Waals surface area contributed by atoms with Crippen molar-refractivity contribution in [1.29, 1.82) is 0 Å². The van der Waals surface area contributed by atoms with E-state index >= 15 is 0 Å². The number of benzene rings is 1. The van der Waals surface area contributed by atoms with Gasteiger partial charge in [0, 0.05) is 11.9 Å². The number of carbonyl (C=O) groups is 1. The molecule has 6 heteroatoms. The third-order valence-electron chi connectivity index (χ3n) is 1.14. The minimum absolute atomic E-state index is 0. The fraction of sp³-hybridized carbons (Fsp3) is 0.125. The first kappa shape index (κ1) is 14.1. The second kappa shape index (κ2) is 6.53. The fourth-order valence-corrected chi connectivity index (χ4v) is 1.09. The molecule has 0 unspecified atom stereocenters. The van der Waals surface area contributed by atoms with Gasteiger partial charge < -0.3 is 0 Å². The molecule has 0 aliphatic carbocycles. The Kier molecular flexibility index (Phi) is 6.57. The van der Waals surface area contributed by atoms with Crippen LogP contribution in [-0.2, 0) is 9.68 Å². The average Bonchev–Trinajstić information content (AvgIpc) is 2.02. The Labute approximate surface area is 113 Å². The van der Waals surface area contributed by atoms with E-state index in [2.05, 4.69) is 9.78 Å². The molecule has 0 amide bonds.